The second-order valence-corrected chi connectivity index (χ2v) is 7.81. The first-order valence-electron chi connectivity index (χ1n) is 11.4. The fourth-order valence-electron chi connectivity index (χ4n) is 3.10. The number of hydrogen-bond donors (Lipinski definition) is 7. The quantitative estimate of drug-likeness (QED) is 0.135. The number of amides is 2. The van der Waals surface area contributed by atoms with Crippen molar-refractivity contribution in [1.29, 1.82) is 0 Å². The number of aliphatic hydroxyl groups excluding tert-OH is 1. The van der Waals surface area contributed by atoms with E-state index >= 15 is 0 Å². The molecule has 3 rings (SSSR count). The van der Waals surface area contributed by atoms with Gasteiger partial charge in [0.2, 0.25) is 5.91 Å². The van der Waals surface area contributed by atoms with Gasteiger partial charge in [-0.15, -0.1) is 0 Å². The number of nitrogens with one attached hydrogen (secondary N) is 4. The number of hydroxylamine groups is 1. The van der Waals surface area contributed by atoms with Crippen molar-refractivity contribution >= 4 is 23.2 Å². The first-order valence-corrected chi connectivity index (χ1v) is 11.4. The summed E-state index contributed by atoms with van der Waals surface area (Å²) in [6.07, 6.45) is -1.38. The first kappa shape index (κ1) is 27.0. The zero-order valence-electron chi connectivity index (χ0n) is 19.9. The Hall–Kier alpha value is -4.64. The number of carbonyl (C=O) groups is 2. The number of nitrogens with two attached hydrogens (primary N) is 1. The van der Waals surface area contributed by atoms with Crippen LogP contribution in [0.2, 0.25) is 0 Å². The van der Waals surface area contributed by atoms with Crippen molar-refractivity contribution in [3.05, 3.63) is 95.6 Å². The summed E-state index contributed by atoms with van der Waals surface area (Å²) in [4.78, 5) is 24.4. The molecule has 0 fully saturated rings. The van der Waals surface area contributed by atoms with E-state index in [2.05, 4.69) is 39.6 Å². The number of hydrogen-bond acceptors (Lipinski definition) is 7. The van der Waals surface area contributed by atoms with Crippen LogP contribution in [0.4, 0.5) is 11.4 Å². The minimum Gasteiger partial charge on any atom is -0.376 e. The van der Waals surface area contributed by atoms with Gasteiger partial charge in [-0.2, -0.15) is 5.48 Å². The van der Waals surface area contributed by atoms with Gasteiger partial charge in [0.05, 0.1) is 12.6 Å². The van der Waals surface area contributed by atoms with Gasteiger partial charge < -0.3 is 32.0 Å². The standard InChI is InChI=1S/C28H27N5O4/c29-18-25(28(36)33-37)32-27(35)22-14-10-20(11-15-22)6-4-5-7-21-12-16-24(17-13-21)31-26(34)19-30-23-8-2-1-3-9-23/h1-3,8-17,25,28,30,33,36-37H,18-19,29H2,(H,31,34)(H,32,35)/t25-,28?/m0/s1. The van der Waals surface area contributed by atoms with Crippen LogP contribution < -0.4 is 27.2 Å². The molecule has 0 spiro atoms. The number of anilines is 2. The molecule has 0 aromatic heterocycles. The van der Waals surface area contributed by atoms with Crippen LogP contribution in [0.5, 0.6) is 0 Å². The molecule has 2 amide bonds. The lowest BCUT2D eigenvalue weighted by atomic mass is 10.1. The topological polar surface area (TPSA) is 149 Å². The van der Waals surface area contributed by atoms with Crippen LogP contribution in [0.15, 0.2) is 78.9 Å². The summed E-state index contributed by atoms with van der Waals surface area (Å²) < 4.78 is 0. The smallest absolute Gasteiger partial charge is 0.251 e. The molecular weight excluding hydrogens is 470 g/mol. The molecule has 0 saturated heterocycles. The lowest BCUT2D eigenvalue weighted by molar-refractivity contribution is -0.114. The van der Waals surface area contributed by atoms with E-state index in [0.29, 0.717) is 16.8 Å². The van der Waals surface area contributed by atoms with Crippen molar-refractivity contribution in [1.82, 2.24) is 10.8 Å². The highest BCUT2D eigenvalue weighted by atomic mass is 16.5. The van der Waals surface area contributed by atoms with E-state index in [4.69, 9.17) is 10.9 Å². The summed E-state index contributed by atoms with van der Waals surface area (Å²) >= 11 is 0. The third kappa shape index (κ3) is 8.82. The Bertz CT molecular complexity index is 1300. The minimum absolute atomic E-state index is 0.0632. The van der Waals surface area contributed by atoms with Gasteiger partial charge in [-0.05, 0) is 72.5 Å². The Morgan fingerprint density at radius 1 is 0.838 bits per heavy atom. The summed E-state index contributed by atoms with van der Waals surface area (Å²) in [5, 5.41) is 26.7. The summed E-state index contributed by atoms with van der Waals surface area (Å²) in [7, 11) is 0. The lowest BCUT2D eigenvalue weighted by Gasteiger charge is -2.21. The summed E-state index contributed by atoms with van der Waals surface area (Å²) in [6, 6.07) is 22.3. The molecule has 0 aliphatic carbocycles. The Kier molecular flexibility index (Phi) is 10.2. The molecular formula is C28H27N5O4. The molecule has 9 nitrogen and oxygen atoms in total. The van der Waals surface area contributed by atoms with Crippen LogP contribution in [0.3, 0.4) is 0 Å². The maximum atomic E-state index is 12.3. The minimum atomic E-state index is -1.38. The number of aliphatic hydroxyl groups is 1. The lowest BCUT2D eigenvalue weighted by Crippen LogP contribution is -2.53. The van der Waals surface area contributed by atoms with Crippen molar-refractivity contribution < 1.29 is 19.9 Å². The summed E-state index contributed by atoms with van der Waals surface area (Å²) in [5.74, 6) is 10.8. The highest BCUT2D eigenvalue weighted by Gasteiger charge is 2.19. The van der Waals surface area contributed by atoms with Crippen LogP contribution in [0.1, 0.15) is 21.5 Å². The van der Waals surface area contributed by atoms with Crippen LogP contribution in [0, 0.1) is 23.7 Å². The molecule has 1 unspecified atom stereocenters. The van der Waals surface area contributed by atoms with E-state index in [1.54, 1.807) is 54.0 Å². The average molecular weight is 498 g/mol. The largest absolute Gasteiger partial charge is 0.376 e. The van der Waals surface area contributed by atoms with Gasteiger partial charge in [-0.1, -0.05) is 30.0 Å². The number of para-hydroxylation sites is 1. The zero-order chi connectivity index (χ0) is 26.5. The number of rotatable bonds is 9. The molecule has 0 bridgehead atoms. The van der Waals surface area contributed by atoms with Gasteiger partial charge in [0.1, 0.15) is 6.23 Å². The molecule has 188 valence electrons. The fraction of sp³-hybridized carbons (Fsp3) is 0.143. The third-order valence-electron chi connectivity index (χ3n) is 5.10. The van der Waals surface area contributed by atoms with E-state index in [9.17, 15) is 14.7 Å². The van der Waals surface area contributed by atoms with E-state index in [-0.39, 0.29) is 19.0 Å². The van der Waals surface area contributed by atoms with Crippen molar-refractivity contribution in [2.24, 2.45) is 5.73 Å². The monoisotopic (exact) mass is 497 g/mol. The molecule has 2 atom stereocenters. The molecule has 9 heteroatoms. The van der Waals surface area contributed by atoms with Crippen LogP contribution in [-0.4, -0.2) is 47.5 Å². The molecule has 0 heterocycles. The summed E-state index contributed by atoms with van der Waals surface area (Å²) in [6.45, 7) is 0.0949. The first-order chi connectivity index (χ1) is 18.0. The van der Waals surface area contributed by atoms with Crippen molar-refractivity contribution in [2.75, 3.05) is 23.7 Å². The van der Waals surface area contributed by atoms with Gasteiger partial charge in [-0.25, -0.2) is 0 Å². The van der Waals surface area contributed by atoms with Gasteiger partial charge >= 0.3 is 0 Å². The highest BCUT2D eigenvalue weighted by molar-refractivity contribution is 5.94. The van der Waals surface area contributed by atoms with Crippen LogP contribution in [0.25, 0.3) is 0 Å². The Balaban J connectivity index is 1.49. The van der Waals surface area contributed by atoms with Gasteiger partial charge in [0.15, 0.2) is 0 Å². The molecule has 37 heavy (non-hydrogen) atoms. The second kappa shape index (κ2) is 14.0. The van der Waals surface area contributed by atoms with Gasteiger partial charge in [0.25, 0.3) is 5.91 Å². The van der Waals surface area contributed by atoms with E-state index in [1.807, 2.05) is 30.3 Å². The second-order valence-electron chi connectivity index (χ2n) is 7.81. The van der Waals surface area contributed by atoms with E-state index in [0.717, 1.165) is 11.3 Å². The van der Waals surface area contributed by atoms with Crippen molar-refractivity contribution in [3.63, 3.8) is 0 Å². The molecule has 3 aromatic carbocycles. The van der Waals surface area contributed by atoms with Crippen molar-refractivity contribution in [2.45, 2.75) is 12.3 Å². The SMILES string of the molecule is NC[C@H](NC(=O)c1ccc(C#CC#Cc2ccc(NC(=O)CNc3ccccc3)cc2)cc1)C(O)NO. The Labute approximate surface area is 215 Å². The molecule has 0 saturated carbocycles. The fourth-order valence-corrected chi connectivity index (χ4v) is 3.10. The predicted molar refractivity (Wildman–Crippen MR) is 141 cm³/mol. The van der Waals surface area contributed by atoms with E-state index < -0.39 is 18.2 Å². The third-order valence-corrected chi connectivity index (χ3v) is 5.10. The number of benzene rings is 3. The van der Waals surface area contributed by atoms with Crippen LogP contribution in [-0.2, 0) is 4.79 Å². The van der Waals surface area contributed by atoms with Gasteiger partial charge in [0, 0.05) is 34.6 Å². The van der Waals surface area contributed by atoms with Crippen LogP contribution >= 0.6 is 0 Å². The molecule has 3 aromatic rings. The maximum Gasteiger partial charge on any atom is 0.251 e. The van der Waals surface area contributed by atoms with E-state index in [1.165, 1.54) is 0 Å². The van der Waals surface area contributed by atoms with Gasteiger partial charge in [-0.3, -0.25) is 9.59 Å². The Morgan fingerprint density at radius 3 is 2.00 bits per heavy atom. The molecule has 0 aliphatic heterocycles. The van der Waals surface area contributed by atoms with Crippen molar-refractivity contribution in [3.8, 4) is 23.7 Å². The predicted octanol–water partition coefficient (Wildman–Crippen LogP) is 1.49. The highest BCUT2D eigenvalue weighted by Crippen LogP contribution is 2.09. The Morgan fingerprint density at radius 2 is 1.43 bits per heavy atom. The maximum absolute atomic E-state index is 12.3. The number of carbonyl (C=O) groups excluding carboxylic acids is 2. The summed E-state index contributed by atoms with van der Waals surface area (Å²) in [5.41, 5.74) is 10.4. The molecule has 8 N–H and O–H groups in total. The molecule has 0 radical (unpaired) electrons. The average Bonchev–Trinajstić information content (AvgIpc) is 2.94. The zero-order valence-corrected chi connectivity index (χ0v) is 19.9. The normalized spacial score (nSPS) is 11.5. The molecule has 0 aliphatic rings.